The van der Waals surface area contributed by atoms with Gasteiger partial charge in [-0.2, -0.15) is 0 Å². The number of imidazole rings is 1. The van der Waals surface area contributed by atoms with Crippen LogP contribution in [-0.4, -0.2) is 51.7 Å². The van der Waals surface area contributed by atoms with Gasteiger partial charge < -0.3 is 14.4 Å². The Balaban J connectivity index is 1.20. The summed E-state index contributed by atoms with van der Waals surface area (Å²) in [7, 11) is 0. The summed E-state index contributed by atoms with van der Waals surface area (Å²) >= 11 is 0. The molecule has 2 aromatic carbocycles. The van der Waals surface area contributed by atoms with Crippen molar-refractivity contribution in [3.63, 3.8) is 0 Å². The van der Waals surface area contributed by atoms with Gasteiger partial charge in [-0.25, -0.2) is 9.37 Å². The zero-order valence-electron chi connectivity index (χ0n) is 19.9. The first kappa shape index (κ1) is 20.9. The van der Waals surface area contributed by atoms with E-state index in [2.05, 4.69) is 55.6 Å². The van der Waals surface area contributed by atoms with Gasteiger partial charge in [0.2, 0.25) is 0 Å². The number of halogens is 1. The van der Waals surface area contributed by atoms with Crippen molar-refractivity contribution in [1.29, 1.82) is 0 Å². The van der Waals surface area contributed by atoms with Crippen LogP contribution in [0, 0.1) is 11.7 Å². The standard InChI is InChI=1S/C29H30FN5/c30-25-5-3-22(4-6-25)23-16-28-29-31-10-14-35(29)27-8-7-26(15-24(27)20-34(28)19-23)33-13-9-21(18-33)17-32-11-1-2-12-32/h3-8,10,14-16,19,21H,1-2,9,11-13,17-18,20H2/t21-/m1/s1. The van der Waals surface area contributed by atoms with Gasteiger partial charge in [0.1, 0.15) is 5.82 Å². The van der Waals surface area contributed by atoms with E-state index < -0.39 is 0 Å². The number of likely N-dealkylation sites (tertiary alicyclic amines) is 1. The maximum absolute atomic E-state index is 13.5. The number of fused-ring (bicyclic) bond motifs is 5. The smallest absolute Gasteiger partial charge is 0.161 e. The number of benzene rings is 2. The molecule has 3 aliphatic rings. The average molecular weight is 468 g/mol. The van der Waals surface area contributed by atoms with Gasteiger partial charge in [0.15, 0.2) is 5.82 Å². The molecule has 3 aliphatic heterocycles. The molecular weight excluding hydrogens is 437 g/mol. The molecule has 178 valence electrons. The number of hydrogen-bond acceptors (Lipinski definition) is 3. The topological polar surface area (TPSA) is 29.2 Å². The van der Waals surface area contributed by atoms with E-state index in [1.165, 1.54) is 68.0 Å². The molecule has 0 spiro atoms. The van der Waals surface area contributed by atoms with Gasteiger partial charge in [-0.1, -0.05) is 12.1 Å². The van der Waals surface area contributed by atoms with Crippen LogP contribution in [0.1, 0.15) is 24.8 Å². The molecule has 2 saturated heterocycles. The minimum Gasteiger partial charge on any atom is -0.371 e. The second-order valence-electron chi connectivity index (χ2n) is 10.3. The highest BCUT2D eigenvalue weighted by atomic mass is 19.1. The lowest BCUT2D eigenvalue weighted by Crippen LogP contribution is -2.29. The molecule has 0 amide bonds. The first-order valence-corrected chi connectivity index (χ1v) is 12.8. The largest absolute Gasteiger partial charge is 0.371 e. The summed E-state index contributed by atoms with van der Waals surface area (Å²) < 4.78 is 18.0. The van der Waals surface area contributed by atoms with Crippen LogP contribution in [0.4, 0.5) is 10.1 Å². The van der Waals surface area contributed by atoms with Crippen LogP contribution in [0.5, 0.6) is 0 Å². The van der Waals surface area contributed by atoms with Crippen LogP contribution in [0.15, 0.2) is 67.1 Å². The van der Waals surface area contributed by atoms with Crippen molar-refractivity contribution in [2.45, 2.75) is 25.8 Å². The van der Waals surface area contributed by atoms with Crippen molar-refractivity contribution in [2.24, 2.45) is 5.92 Å². The Bertz CT molecular complexity index is 1360. The molecule has 4 aromatic rings. The fraction of sp³-hybridized carbons (Fsp3) is 0.345. The third-order valence-electron chi connectivity index (χ3n) is 7.97. The monoisotopic (exact) mass is 467 g/mol. The number of rotatable bonds is 4. The molecule has 0 saturated carbocycles. The molecule has 5 nitrogen and oxygen atoms in total. The van der Waals surface area contributed by atoms with Crippen LogP contribution in [0.25, 0.3) is 28.3 Å². The van der Waals surface area contributed by atoms with Crippen LogP contribution >= 0.6 is 0 Å². The minimum absolute atomic E-state index is 0.212. The zero-order valence-corrected chi connectivity index (χ0v) is 19.9. The SMILES string of the molecule is Fc1ccc(-c2cc3n(c2)Cc2cc(N4CC[C@H](CN5CCCC5)C4)ccc2-n2ccnc2-3)cc1. The van der Waals surface area contributed by atoms with E-state index in [1.807, 2.05) is 18.3 Å². The summed E-state index contributed by atoms with van der Waals surface area (Å²) in [5.41, 5.74) is 6.99. The molecule has 0 bridgehead atoms. The summed E-state index contributed by atoms with van der Waals surface area (Å²) in [6.45, 7) is 6.88. The lowest BCUT2D eigenvalue weighted by molar-refractivity contribution is 0.289. The van der Waals surface area contributed by atoms with Crippen molar-refractivity contribution < 1.29 is 4.39 Å². The molecule has 7 rings (SSSR count). The zero-order chi connectivity index (χ0) is 23.4. The normalized spacial score (nSPS) is 19.5. The van der Waals surface area contributed by atoms with E-state index in [1.54, 1.807) is 0 Å². The minimum atomic E-state index is -0.212. The van der Waals surface area contributed by atoms with Gasteiger partial charge in [-0.3, -0.25) is 4.57 Å². The molecule has 6 heteroatoms. The fourth-order valence-corrected chi connectivity index (χ4v) is 6.18. The molecule has 0 radical (unpaired) electrons. The third kappa shape index (κ3) is 3.76. The second-order valence-corrected chi connectivity index (χ2v) is 10.3. The van der Waals surface area contributed by atoms with Crippen molar-refractivity contribution in [3.8, 4) is 28.3 Å². The Labute approximate surface area is 205 Å². The number of aromatic nitrogens is 3. The third-order valence-corrected chi connectivity index (χ3v) is 7.97. The first-order valence-electron chi connectivity index (χ1n) is 12.8. The van der Waals surface area contributed by atoms with E-state index >= 15 is 0 Å². The Morgan fingerprint density at radius 2 is 1.80 bits per heavy atom. The molecule has 2 fully saturated rings. The average Bonchev–Trinajstić information content (AvgIpc) is 3.67. The predicted octanol–water partition coefficient (Wildman–Crippen LogP) is 5.43. The fourth-order valence-electron chi connectivity index (χ4n) is 6.18. The van der Waals surface area contributed by atoms with Gasteiger partial charge in [-0.05, 0) is 85.8 Å². The highest BCUT2D eigenvalue weighted by Gasteiger charge is 2.27. The molecule has 35 heavy (non-hydrogen) atoms. The second kappa shape index (κ2) is 8.38. The summed E-state index contributed by atoms with van der Waals surface area (Å²) in [5.74, 6) is 1.49. The predicted molar refractivity (Wildman–Crippen MR) is 137 cm³/mol. The summed E-state index contributed by atoms with van der Waals surface area (Å²) in [6, 6.07) is 15.8. The summed E-state index contributed by atoms with van der Waals surface area (Å²) in [4.78, 5) is 9.93. The lowest BCUT2D eigenvalue weighted by Gasteiger charge is -2.23. The Kier molecular flexibility index (Phi) is 5.02. The van der Waals surface area contributed by atoms with Crippen molar-refractivity contribution in [1.82, 2.24) is 19.0 Å². The van der Waals surface area contributed by atoms with E-state index in [-0.39, 0.29) is 5.82 Å². The molecule has 0 aliphatic carbocycles. The Hall–Kier alpha value is -3.38. The first-order chi connectivity index (χ1) is 17.2. The van der Waals surface area contributed by atoms with Gasteiger partial charge in [0.05, 0.1) is 11.4 Å². The van der Waals surface area contributed by atoms with Gasteiger partial charge in [0, 0.05) is 56.0 Å². The highest BCUT2D eigenvalue weighted by Crippen LogP contribution is 2.36. The summed E-state index contributed by atoms with van der Waals surface area (Å²) in [6.07, 6.45) is 10.1. The molecule has 0 unspecified atom stereocenters. The molecule has 1 atom stereocenters. The van der Waals surface area contributed by atoms with Gasteiger partial charge >= 0.3 is 0 Å². The van der Waals surface area contributed by atoms with E-state index in [0.29, 0.717) is 0 Å². The van der Waals surface area contributed by atoms with E-state index in [9.17, 15) is 4.39 Å². The number of hydrogen-bond donors (Lipinski definition) is 0. The maximum Gasteiger partial charge on any atom is 0.161 e. The van der Waals surface area contributed by atoms with Crippen LogP contribution in [0.3, 0.4) is 0 Å². The van der Waals surface area contributed by atoms with Crippen molar-refractivity contribution in [3.05, 3.63) is 78.5 Å². The van der Waals surface area contributed by atoms with Crippen LogP contribution in [-0.2, 0) is 6.54 Å². The number of nitrogens with zero attached hydrogens (tertiary/aromatic N) is 5. The summed E-state index contributed by atoms with van der Waals surface area (Å²) in [5, 5.41) is 0. The Morgan fingerprint density at radius 1 is 0.943 bits per heavy atom. The van der Waals surface area contributed by atoms with Crippen LogP contribution in [0.2, 0.25) is 0 Å². The van der Waals surface area contributed by atoms with Gasteiger partial charge in [-0.15, -0.1) is 0 Å². The van der Waals surface area contributed by atoms with E-state index in [0.717, 1.165) is 48.2 Å². The Morgan fingerprint density at radius 3 is 2.66 bits per heavy atom. The van der Waals surface area contributed by atoms with E-state index in [4.69, 9.17) is 4.98 Å². The molecular formula is C29H30FN5. The van der Waals surface area contributed by atoms with Crippen LogP contribution < -0.4 is 4.90 Å². The maximum atomic E-state index is 13.5. The quantitative estimate of drug-likeness (QED) is 0.353. The molecule has 0 N–H and O–H groups in total. The van der Waals surface area contributed by atoms with Gasteiger partial charge in [0.25, 0.3) is 0 Å². The lowest BCUT2D eigenvalue weighted by atomic mass is 10.1. The van der Waals surface area contributed by atoms with Crippen molar-refractivity contribution in [2.75, 3.05) is 37.6 Å². The molecule has 5 heterocycles. The highest BCUT2D eigenvalue weighted by molar-refractivity contribution is 5.72. The van der Waals surface area contributed by atoms with Crippen molar-refractivity contribution >= 4 is 5.69 Å². The number of anilines is 1. The molecule has 2 aromatic heterocycles.